The average molecular weight is 314 g/mol. The van der Waals surface area contributed by atoms with Crippen LogP contribution in [0.1, 0.15) is 6.42 Å². The van der Waals surface area contributed by atoms with Crippen LogP contribution in [0.2, 0.25) is 5.02 Å². The van der Waals surface area contributed by atoms with Crippen LogP contribution in [0.5, 0.6) is 0 Å². The Morgan fingerprint density at radius 1 is 1.33 bits per heavy atom. The summed E-state index contributed by atoms with van der Waals surface area (Å²) in [5.74, 6) is -0.817. The molecule has 0 bridgehead atoms. The second-order valence-corrected chi connectivity index (χ2v) is 5.30. The van der Waals surface area contributed by atoms with E-state index in [-0.39, 0.29) is 12.1 Å². The lowest BCUT2D eigenvalue weighted by Crippen LogP contribution is -2.47. The average Bonchev–Trinajstić information content (AvgIpc) is 2.45. The molecule has 2 rings (SSSR count). The van der Waals surface area contributed by atoms with Crippen molar-refractivity contribution in [1.29, 1.82) is 0 Å². The second kappa shape index (κ2) is 6.73. The SMILES string of the molecule is O=C(O)CCN1CCN(c2cc(Cl)ccc2[N+](=O)[O-])CC1. The van der Waals surface area contributed by atoms with Crippen molar-refractivity contribution in [2.24, 2.45) is 0 Å². The minimum absolute atomic E-state index is 0.0402. The molecule has 1 saturated heterocycles. The van der Waals surface area contributed by atoms with Gasteiger partial charge in [-0.25, -0.2) is 0 Å². The maximum absolute atomic E-state index is 11.1. The maximum atomic E-state index is 11.1. The van der Waals surface area contributed by atoms with Crippen LogP contribution in [0.15, 0.2) is 18.2 Å². The van der Waals surface area contributed by atoms with E-state index in [1.54, 1.807) is 6.07 Å². The molecule has 114 valence electrons. The number of piperazine rings is 1. The summed E-state index contributed by atoms with van der Waals surface area (Å²) in [6.45, 7) is 3.08. The zero-order valence-corrected chi connectivity index (χ0v) is 12.1. The monoisotopic (exact) mass is 313 g/mol. The van der Waals surface area contributed by atoms with Crippen molar-refractivity contribution in [3.05, 3.63) is 33.3 Å². The van der Waals surface area contributed by atoms with Gasteiger partial charge in [0.2, 0.25) is 0 Å². The smallest absolute Gasteiger partial charge is 0.304 e. The van der Waals surface area contributed by atoms with E-state index >= 15 is 0 Å². The summed E-state index contributed by atoms with van der Waals surface area (Å²) in [6, 6.07) is 4.52. The van der Waals surface area contributed by atoms with Crippen molar-refractivity contribution in [3.63, 3.8) is 0 Å². The van der Waals surface area contributed by atoms with E-state index in [0.29, 0.717) is 43.4 Å². The summed E-state index contributed by atoms with van der Waals surface area (Å²) in [6.07, 6.45) is 0.108. The lowest BCUT2D eigenvalue weighted by molar-refractivity contribution is -0.384. The second-order valence-electron chi connectivity index (χ2n) is 4.86. The molecule has 1 N–H and O–H groups in total. The zero-order valence-electron chi connectivity index (χ0n) is 11.4. The fourth-order valence-corrected chi connectivity index (χ4v) is 2.54. The molecule has 8 heteroatoms. The number of nitro groups is 1. The first-order chi connectivity index (χ1) is 9.97. The summed E-state index contributed by atoms with van der Waals surface area (Å²) in [5.41, 5.74) is 0.559. The Hall–Kier alpha value is -1.86. The number of hydrogen-bond acceptors (Lipinski definition) is 5. The molecule has 21 heavy (non-hydrogen) atoms. The molecule has 1 aromatic rings. The molecule has 1 aliphatic heterocycles. The van der Waals surface area contributed by atoms with Crippen molar-refractivity contribution < 1.29 is 14.8 Å². The maximum Gasteiger partial charge on any atom is 0.304 e. The summed E-state index contributed by atoms with van der Waals surface area (Å²) in [4.78, 5) is 25.2. The number of anilines is 1. The Balaban J connectivity index is 2.03. The van der Waals surface area contributed by atoms with Crippen LogP contribution in [0.4, 0.5) is 11.4 Å². The summed E-state index contributed by atoms with van der Waals surface area (Å²) in [5, 5.41) is 20.2. The molecule has 1 fully saturated rings. The van der Waals surface area contributed by atoms with Gasteiger partial charge in [0, 0.05) is 43.8 Å². The lowest BCUT2D eigenvalue weighted by Gasteiger charge is -2.35. The van der Waals surface area contributed by atoms with Crippen molar-refractivity contribution >= 4 is 28.9 Å². The fraction of sp³-hybridized carbons (Fsp3) is 0.462. The largest absolute Gasteiger partial charge is 0.481 e. The summed E-state index contributed by atoms with van der Waals surface area (Å²) < 4.78 is 0. The Kier molecular flexibility index (Phi) is 4.98. The number of halogens is 1. The third-order valence-corrected chi connectivity index (χ3v) is 3.72. The van der Waals surface area contributed by atoms with E-state index in [4.69, 9.17) is 16.7 Å². The van der Waals surface area contributed by atoms with E-state index < -0.39 is 10.9 Å². The molecule has 0 radical (unpaired) electrons. The Morgan fingerprint density at radius 3 is 2.57 bits per heavy atom. The van der Waals surface area contributed by atoms with Gasteiger partial charge in [-0.15, -0.1) is 0 Å². The number of carboxylic acids is 1. The molecule has 0 unspecified atom stereocenters. The molecule has 0 saturated carbocycles. The van der Waals surface area contributed by atoms with Crippen molar-refractivity contribution in [1.82, 2.24) is 4.90 Å². The van der Waals surface area contributed by atoms with E-state index in [1.165, 1.54) is 12.1 Å². The number of nitrogens with zero attached hydrogens (tertiary/aromatic N) is 3. The topological polar surface area (TPSA) is 86.9 Å². The van der Waals surface area contributed by atoms with Crippen LogP contribution >= 0.6 is 11.6 Å². The highest BCUT2D eigenvalue weighted by Gasteiger charge is 2.24. The first-order valence-electron chi connectivity index (χ1n) is 6.60. The standard InChI is InChI=1S/C13H16ClN3O4/c14-10-1-2-11(17(20)21)12(9-10)16-7-5-15(6-8-16)4-3-13(18)19/h1-2,9H,3-8H2,(H,18,19). The molecule has 1 aromatic carbocycles. The molecule has 0 aliphatic carbocycles. The molecular weight excluding hydrogens is 298 g/mol. The van der Waals surface area contributed by atoms with Gasteiger partial charge < -0.3 is 10.0 Å². The van der Waals surface area contributed by atoms with Crippen LogP contribution in [-0.2, 0) is 4.79 Å². The van der Waals surface area contributed by atoms with Crippen LogP contribution in [0, 0.1) is 10.1 Å². The fourth-order valence-electron chi connectivity index (χ4n) is 2.37. The minimum Gasteiger partial charge on any atom is -0.481 e. The predicted molar refractivity (Wildman–Crippen MR) is 79.0 cm³/mol. The first-order valence-corrected chi connectivity index (χ1v) is 6.98. The quantitative estimate of drug-likeness (QED) is 0.659. The zero-order chi connectivity index (χ0) is 15.4. The van der Waals surface area contributed by atoms with Gasteiger partial charge in [0.05, 0.1) is 11.3 Å². The third-order valence-electron chi connectivity index (χ3n) is 3.49. The van der Waals surface area contributed by atoms with Gasteiger partial charge in [0.25, 0.3) is 5.69 Å². The molecule has 0 atom stereocenters. The van der Waals surface area contributed by atoms with Gasteiger partial charge >= 0.3 is 5.97 Å². The number of rotatable bonds is 5. The molecule has 1 aliphatic rings. The number of carbonyl (C=O) groups is 1. The van der Waals surface area contributed by atoms with Gasteiger partial charge in [-0.1, -0.05) is 11.6 Å². The molecule has 1 heterocycles. The van der Waals surface area contributed by atoms with Crippen LogP contribution < -0.4 is 4.90 Å². The predicted octanol–water partition coefficient (Wildman–Crippen LogP) is 1.84. The number of hydrogen-bond donors (Lipinski definition) is 1. The first kappa shape index (κ1) is 15.5. The van der Waals surface area contributed by atoms with Crippen LogP contribution in [-0.4, -0.2) is 53.6 Å². The molecule has 0 spiro atoms. The lowest BCUT2D eigenvalue weighted by atomic mass is 10.2. The van der Waals surface area contributed by atoms with E-state index in [1.807, 2.05) is 9.80 Å². The van der Waals surface area contributed by atoms with Gasteiger partial charge in [0.15, 0.2) is 0 Å². The molecule has 0 aromatic heterocycles. The van der Waals surface area contributed by atoms with Crippen LogP contribution in [0.25, 0.3) is 0 Å². The number of nitro benzene ring substituents is 1. The highest BCUT2D eigenvalue weighted by molar-refractivity contribution is 6.31. The van der Waals surface area contributed by atoms with Gasteiger partial charge in [-0.05, 0) is 12.1 Å². The Bertz CT molecular complexity index is 544. The van der Waals surface area contributed by atoms with Crippen molar-refractivity contribution in [3.8, 4) is 0 Å². The minimum atomic E-state index is -0.817. The Morgan fingerprint density at radius 2 is 2.00 bits per heavy atom. The highest BCUT2D eigenvalue weighted by Crippen LogP contribution is 2.31. The van der Waals surface area contributed by atoms with E-state index in [2.05, 4.69) is 0 Å². The van der Waals surface area contributed by atoms with Crippen LogP contribution in [0.3, 0.4) is 0 Å². The molecular formula is C13H16ClN3O4. The number of benzene rings is 1. The molecule has 0 amide bonds. The number of carboxylic acid groups (broad SMARTS) is 1. The van der Waals surface area contributed by atoms with Gasteiger partial charge in [-0.2, -0.15) is 0 Å². The summed E-state index contributed by atoms with van der Waals surface area (Å²) >= 11 is 5.93. The summed E-state index contributed by atoms with van der Waals surface area (Å²) in [7, 11) is 0. The number of aliphatic carboxylic acids is 1. The Labute approximate surface area is 126 Å². The normalized spacial score (nSPS) is 16.0. The third kappa shape index (κ3) is 4.05. The van der Waals surface area contributed by atoms with Gasteiger partial charge in [-0.3, -0.25) is 19.8 Å². The van der Waals surface area contributed by atoms with E-state index in [0.717, 1.165) is 0 Å². The van der Waals surface area contributed by atoms with Crippen molar-refractivity contribution in [2.75, 3.05) is 37.6 Å². The molecule has 7 nitrogen and oxygen atoms in total. The highest BCUT2D eigenvalue weighted by atomic mass is 35.5. The van der Waals surface area contributed by atoms with Crippen molar-refractivity contribution in [2.45, 2.75) is 6.42 Å². The van der Waals surface area contributed by atoms with E-state index in [9.17, 15) is 14.9 Å². The van der Waals surface area contributed by atoms with Gasteiger partial charge in [0.1, 0.15) is 5.69 Å².